The van der Waals surface area contributed by atoms with Crippen LogP contribution in [0.2, 0.25) is 0 Å². The Bertz CT molecular complexity index is 271. The van der Waals surface area contributed by atoms with Crippen LogP contribution < -0.4 is 11.1 Å². The minimum absolute atomic E-state index is 0.119. The molecule has 0 radical (unpaired) electrons. The fraction of sp³-hybridized carbons (Fsp3) is 0.917. The number of hydrogen-bond donors (Lipinski definition) is 2. The number of nitrogens with two attached hydrogens (primary N) is 1. The number of aliphatic imine (C=N–C) groups is 1. The van der Waals surface area contributed by atoms with E-state index in [9.17, 15) is 0 Å². The Morgan fingerprint density at radius 2 is 2.12 bits per heavy atom. The highest BCUT2D eigenvalue weighted by Gasteiger charge is 2.41. The van der Waals surface area contributed by atoms with Gasteiger partial charge in [-0.25, -0.2) is 0 Å². The summed E-state index contributed by atoms with van der Waals surface area (Å²) in [7, 11) is 1.77. The highest BCUT2D eigenvalue weighted by atomic mass is 16.5. The first-order valence-corrected chi connectivity index (χ1v) is 6.25. The topological polar surface area (TPSA) is 59.6 Å². The van der Waals surface area contributed by atoms with E-state index >= 15 is 0 Å². The fourth-order valence-electron chi connectivity index (χ4n) is 2.10. The van der Waals surface area contributed by atoms with Crippen molar-refractivity contribution in [3.05, 3.63) is 0 Å². The molecule has 4 nitrogen and oxygen atoms in total. The van der Waals surface area contributed by atoms with Crippen LogP contribution in [0.15, 0.2) is 4.99 Å². The third kappa shape index (κ3) is 2.67. The van der Waals surface area contributed by atoms with Crippen molar-refractivity contribution >= 4 is 5.96 Å². The lowest BCUT2D eigenvalue weighted by molar-refractivity contribution is -0.00475. The second kappa shape index (κ2) is 4.62. The van der Waals surface area contributed by atoms with Gasteiger partial charge < -0.3 is 15.8 Å². The summed E-state index contributed by atoms with van der Waals surface area (Å²) in [6, 6.07) is 0.554. The molecule has 16 heavy (non-hydrogen) atoms. The van der Waals surface area contributed by atoms with E-state index in [1.165, 1.54) is 32.1 Å². The maximum absolute atomic E-state index is 5.85. The normalized spacial score (nSPS) is 26.0. The molecule has 0 aromatic rings. The largest absolute Gasteiger partial charge is 0.376 e. The van der Waals surface area contributed by atoms with Gasteiger partial charge >= 0.3 is 0 Å². The highest BCUT2D eigenvalue weighted by molar-refractivity contribution is 5.78. The average molecular weight is 225 g/mol. The third-order valence-corrected chi connectivity index (χ3v) is 3.93. The first kappa shape index (κ1) is 11.7. The van der Waals surface area contributed by atoms with Crippen molar-refractivity contribution < 1.29 is 4.74 Å². The van der Waals surface area contributed by atoms with Gasteiger partial charge in [0, 0.05) is 13.2 Å². The second-order valence-corrected chi connectivity index (χ2v) is 5.26. The van der Waals surface area contributed by atoms with Crippen LogP contribution in [0.25, 0.3) is 0 Å². The van der Waals surface area contributed by atoms with Crippen molar-refractivity contribution in [1.29, 1.82) is 0 Å². The molecule has 0 spiro atoms. The van der Waals surface area contributed by atoms with E-state index in [1.54, 1.807) is 7.11 Å². The van der Waals surface area contributed by atoms with Crippen LogP contribution in [0.4, 0.5) is 0 Å². The maximum atomic E-state index is 5.85. The van der Waals surface area contributed by atoms with Gasteiger partial charge in [0.1, 0.15) is 0 Å². The summed E-state index contributed by atoms with van der Waals surface area (Å²) < 4.78 is 5.57. The highest BCUT2D eigenvalue weighted by Crippen LogP contribution is 2.41. The lowest BCUT2D eigenvalue weighted by Crippen LogP contribution is -2.45. The fourth-order valence-corrected chi connectivity index (χ4v) is 2.10. The molecule has 0 aliphatic heterocycles. The van der Waals surface area contributed by atoms with Crippen LogP contribution in [-0.2, 0) is 4.74 Å². The Morgan fingerprint density at radius 1 is 1.44 bits per heavy atom. The summed E-state index contributed by atoms with van der Waals surface area (Å²) in [5, 5.41) is 3.24. The predicted molar refractivity (Wildman–Crippen MR) is 65.4 cm³/mol. The number of hydrogen-bond acceptors (Lipinski definition) is 2. The third-order valence-electron chi connectivity index (χ3n) is 3.93. The summed E-state index contributed by atoms with van der Waals surface area (Å²) in [6.07, 6.45) is 6.27. The quantitative estimate of drug-likeness (QED) is 0.547. The van der Waals surface area contributed by atoms with E-state index in [0.29, 0.717) is 24.5 Å². The van der Waals surface area contributed by atoms with E-state index in [4.69, 9.17) is 10.5 Å². The molecule has 3 N–H and O–H groups in total. The molecule has 2 aliphatic carbocycles. The van der Waals surface area contributed by atoms with Gasteiger partial charge in [0.15, 0.2) is 5.96 Å². The van der Waals surface area contributed by atoms with Crippen molar-refractivity contribution in [1.82, 2.24) is 5.32 Å². The van der Waals surface area contributed by atoms with Gasteiger partial charge in [-0.15, -0.1) is 0 Å². The number of guanidine groups is 1. The van der Waals surface area contributed by atoms with Gasteiger partial charge in [-0.2, -0.15) is 0 Å². The number of ether oxygens (including phenoxy) is 1. The van der Waals surface area contributed by atoms with E-state index in [-0.39, 0.29) is 5.60 Å². The second-order valence-electron chi connectivity index (χ2n) is 5.26. The van der Waals surface area contributed by atoms with Crippen molar-refractivity contribution in [3.63, 3.8) is 0 Å². The number of methoxy groups -OCH3 is 1. The molecule has 1 unspecified atom stereocenters. The molecular weight excluding hydrogens is 202 g/mol. The van der Waals surface area contributed by atoms with Gasteiger partial charge in [0.25, 0.3) is 0 Å². The zero-order chi connectivity index (χ0) is 11.6. The first-order chi connectivity index (χ1) is 7.64. The Kier molecular flexibility index (Phi) is 3.38. The number of rotatable bonds is 5. The van der Waals surface area contributed by atoms with E-state index in [0.717, 1.165) is 0 Å². The molecule has 0 amide bonds. The standard InChI is InChI=1S/C12H23N3O/c1-12(16-2,9-6-7-9)8-14-11(13)15-10-4-3-5-10/h9-10H,3-8H2,1-2H3,(H3,13,14,15). The SMILES string of the molecule is COC(C)(CN=C(N)NC1CCC1)C1CC1. The Balaban J connectivity index is 1.80. The lowest BCUT2D eigenvalue weighted by atomic mass is 9.93. The predicted octanol–water partition coefficient (Wildman–Crippen LogP) is 1.26. The van der Waals surface area contributed by atoms with Crippen LogP contribution in [0.5, 0.6) is 0 Å². The molecule has 0 aromatic carbocycles. The van der Waals surface area contributed by atoms with Crippen LogP contribution in [-0.4, -0.2) is 31.3 Å². The van der Waals surface area contributed by atoms with Gasteiger partial charge in [-0.3, -0.25) is 4.99 Å². The molecule has 92 valence electrons. The van der Waals surface area contributed by atoms with Crippen molar-refractivity contribution in [2.45, 2.75) is 50.7 Å². The smallest absolute Gasteiger partial charge is 0.188 e. The summed E-state index contributed by atoms with van der Waals surface area (Å²) in [5.41, 5.74) is 5.73. The van der Waals surface area contributed by atoms with Crippen LogP contribution in [0.3, 0.4) is 0 Å². The van der Waals surface area contributed by atoms with Gasteiger partial charge in [0.2, 0.25) is 0 Å². The average Bonchev–Trinajstić information content (AvgIpc) is 3.04. The molecule has 0 saturated heterocycles. The van der Waals surface area contributed by atoms with Gasteiger partial charge in [-0.05, 0) is 44.9 Å². The Morgan fingerprint density at radius 3 is 2.56 bits per heavy atom. The molecule has 2 aliphatic rings. The molecule has 0 aromatic heterocycles. The molecule has 2 saturated carbocycles. The van der Waals surface area contributed by atoms with Gasteiger partial charge in [-0.1, -0.05) is 0 Å². The molecule has 2 rings (SSSR count). The van der Waals surface area contributed by atoms with Crippen LogP contribution in [0, 0.1) is 5.92 Å². The Labute approximate surface area is 97.6 Å². The molecule has 2 fully saturated rings. The summed E-state index contributed by atoms with van der Waals surface area (Å²) in [6.45, 7) is 2.80. The van der Waals surface area contributed by atoms with Crippen molar-refractivity contribution in [2.24, 2.45) is 16.6 Å². The van der Waals surface area contributed by atoms with Crippen LogP contribution >= 0.6 is 0 Å². The van der Waals surface area contributed by atoms with E-state index in [1.807, 2.05) is 0 Å². The lowest BCUT2D eigenvalue weighted by Gasteiger charge is -2.28. The van der Waals surface area contributed by atoms with Gasteiger partial charge in [0.05, 0.1) is 12.1 Å². The summed E-state index contributed by atoms with van der Waals surface area (Å²) >= 11 is 0. The minimum Gasteiger partial charge on any atom is -0.376 e. The zero-order valence-electron chi connectivity index (χ0n) is 10.3. The summed E-state index contributed by atoms with van der Waals surface area (Å²) in [5.74, 6) is 1.24. The van der Waals surface area contributed by atoms with Crippen LogP contribution in [0.1, 0.15) is 39.0 Å². The molecule has 0 bridgehead atoms. The maximum Gasteiger partial charge on any atom is 0.188 e. The molecule has 4 heteroatoms. The summed E-state index contributed by atoms with van der Waals surface area (Å²) in [4.78, 5) is 4.41. The monoisotopic (exact) mass is 225 g/mol. The Hall–Kier alpha value is -0.770. The van der Waals surface area contributed by atoms with Crippen molar-refractivity contribution in [3.8, 4) is 0 Å². The van der Waals surface area contributed by atoms with E-state index < -0.39 is 0 Å². The number of nitrogens with zero attached hydrogens (tertiary/aromatic N) is 1. The zero-order valence-corrected chi connectivity index (χ0v) is 10.3. The van der Waals surface area contributed by atoms with Crippen molar-refractivity contribution in [2.75, 3.05) is 13.7 Å². The molecule has 0 heterocycles. The molecule has 1 atom stereocenters. The first-order valence-electron chi connectivity index (χ1n) is 6.25. The minimum atomic E-state index is -0.119. The van der Waals surface area contributed by atoms with E-state index in [2.05, 4.69) is 17.2 Å². The number of nitrogens with one attached hydrogen (secondary N) is 1. The molecular formula is C12H23N3O.